The predicted octanol–water partition coefficient (Wildman–Crippen LogP) is 20.9. The number of phosphoric acid groups is 2. The Morgan fingerprint density at radius 3 is 0.747 bits per heavy atom. The number of hydrogen-bond acceptors (Lipinski definition) is 15. The normalized spacial score (nSPS) is 14.0. The minimum Gasteiger partial charge on any atom is -0.462 e. The zero-order valence-corrected chi connectivity index (χ0v) is 60.8. The van der Waals surface area contributed by atoms with Gasteiger partial charge in [-0.15, -0.1) is 0 Å². The lowest BCUT2D eigenvalue weighted by Gasteiger charge is -2.21. The van der Waals surface area contributed by atoms with Gasteiger partial charge in [-0.05, 0) is 31.6 Å². The van der Waals surface area contributed by atoms with E-state index in [9.17, 15) is 43.2 Å². The summed E-state index contributed by atoms with van der Waals surface area (Å²) in [6, 6.07) is 0. The maximum absolute atomic E-state index is 13.0. The van der Waals surface area contributed by atoms with Gasteiger partial charge in [0.1, 0.15) is 19.3 Å². The van der Waals surface area contributed by atoms with Crippen molar-refractivity contribution in [3.05, 3.63) is 0 Å². The standard InChI is InChI=1S/C72H140O17P2/c1-6-9-12-15-18-21-24-27-29-32-35-38-41-48-53-58-71(76)88-67(61-82-69(74)55-50-45-39-36-33-31-28-25-22-19-16-13-10-7-2)63-86-90(78,79)84-59-66(73)60-85-91(80,81)87-64-68(62-83-70(75)56-51-46-43-42-44-49-54-65(4)5)89-72(77)57-52-47-40-37-34-30-26-23-20-17-14-11-8-3/h65-68,73H,6-64H2,1-5H3,(H,78,79)(H,80,81)/t66-,67-,68-/m1/s1. The van der Waals surface area contributed by atoms with Gasteiger partial charge in [-0.3, -0.25) is 37.3 Å². The molecule has 0 aliphatic carbocycles. The van der Waals surface area contributed by atoms with E-state index in [1.807, 2.05) is 0 Å². The van der Waals surface area contributed by atoms with Crippen LogP contribution >= 0.6 is 15.6 Å². The Morgan fingerprint density at radius 1 is 0.297 bits per heavy atom. The molecule has 0 aliphatic rings. The summed E-state index contributed by atoms with van der Waals surface area (Å²) in [5, 5.41) is 10.6. The average Bonchev–Trinajstić information content (AvgIpc) is 2.81. The van der Waals surface area contributed by atoms with Gasteiger partial charge in [0.25, 0.3) is 0 Å². The summed E-state index contributed by atoms with van der Waals surface area (Å²) >= 11 is 0. The molecule has 0 aliphatic heterocycles. The van der Waals surface area contributed by atoms with Gasteiger partial charge in [0, 0.05) is 25.7 Å². The smallest absolute Gasteiger partial charge is 0.462 e. The number of esters is 4. The van der Waals surface area contributed by atoms with Crippen LogP contribution in [0.25, 0.3) is 0 Å². The highest BCUT2D eigenvalue weighted by Crippen LogP contribution is 2.45. The molecule has 0 fully saturated rings. The van der Waals surface area contributed by atoms with Crippen LogP contribution in [-0.4, -0.2) is 96.7 Å². The Balaban J connectivity index is 5.24. The number of unbranched alkanes of at least 4 members (excludes halogenated alkanes) is 44. The summed E-state index contributed by atoms with van der Waals surface area (Å²) in [4.78, 5) is 72.6. The van der Waals surface area contributed by atoms with Crippen molar-refractivity contribution in [1.82, 2.24) is 0 Å². The number of carbonyl (C=O) groups is 4. The van der Waals surface area contributed by atoms with Gasteiger partial charge in [0.2, 0.25) is 0 Å². The molecular formula is C72H140O17P2. The Kier molecular flexibility index (Phi) is 64.0. The molecule has 19 heteroatoms. The SMILES string of the molecule is CCCCCCCCCCCCCCCCCC(=O)O[C@H](COC(=O)CCCCCCCCCCCCCCCC)COP(=O)(O)OC[C@@H](O)COP(=O)(O)OC[C@@H](COC(=O)CCCCCCCCC(C)C)OC(=O)CCCCCCCCCCCCCCC. The van der Waals surface area contributed by atoms with E-state index in [1.54, 1.807) is 0 Å². The lowest BCUT2D eigenvalue weighted by Crippen LogP contribution is -2.30. The summed E-state index contributed by atoms with van der Waals surface area (Å²) in [6.45, 7) is 7.19. The van der Waals surface area contributed by atoms with Gasteiger partial charge in [-0.1, -0.05) is 324 Å². The number of rotatable bonds is 72. The minimum atomic E-state index is -4.95. The van der Waals surface area contributed by atoms with Crippen molar-refractivity contribution in [3.63, 3.8) is 0 Å². The highest BCUT2D eigenvalue weighted by Gasteiger charge is 2.30. The first-order chi connectivity index (χ1) is 44.0. The lowest BCUT2D eigenvalue weighted by atomic mass is 10.0. The number of aliphatic hydroxyl groups excluding tert-OH is 1. The van der Waals surface area contributed by atoms with Crippen LogP contribution in [0.4, 0.5) is 0 Å². The first kappa shape index (κ1) is 89.1. The van der Waals surface area contributed by atoms with Gasteiger partial charge in [-0.25, -0.2) is 9.13 Å². The van der Waals surface area contributed by atoms with Crippen molar-refractivity contribution in [2.45, 2.75) is 393 Å². The molecular weight excluding hydrogens is 1200 g/mol. The zero-order valence-electron chi connectivity index (χ0n) is 59.0. The molecule has 0 rings (SSSR count). The van der Waals surface area contributed by atoms with E-state index >= 15 is 0 Å². The summed E-state index contributed by atoms with van der Waals surface area (Å²) in [6.07, 6.45) is 52.7. The monoisotopic (exact) mass is 1340 g/mol. The second-order valence-corrected chi connectivity index (χ2v) is 29.4. The average molecular weight is 1340 g/mol. The van der Waals surface area contributed by atoms with Crippen molar-refractivity contribution in [1.29, 1.82) is 0 Å². The molecule has 0 aromatic rings. The van der Waals surface area contributed by atoms with E-state index in [0.717, 1.165) is 96.3 Å². The highest BCUT2D eigenvalue weighted by molar-refractivity contribution is 7.47. The third kappa shape index (κ3) is 66.5. The van der Waals surface area contributed by atoms with Crippen LogP contribution in [-0.2, 0) is 65.4 Å². The Bertz CT molecular complexity index is 1750. The molecule has 540 valence electrons. The molecule has 0 aromatic carbocycles. The van der Waals surface area contributed by atoms with Crippen LogP contribution in [0.3, 0.4) is 0 Å². The molecule has 0 saturated heterocycles. The van der Waals surface area contributed by atoms with Crippen molar-refractivity contribution >= 4 is 39.5 Å². The predicted molar refractivity (Wildman–Crippen MR) is 368 cm³/mol. The van der Waals surface area contributed by atoms with Crippen LogP contribution in [0.15, 0.2) is 0 Å². The van der Waals surface area contributed by atoms with E-state index in [-0.39, 0.29) is 25.7 Å². The number of carbonyl (C=O) groups excluding carboxylic acids is 4. The molecule has 0 spiro atoms. The third-order valence-electron chi connectivity index (χ3n) is 16.8. The maximum Gasteiger partial charge on any atom is 0.472 e. The molecule has 0 heterocycles. The van der Waals surface area contributed by atoms with Crippen LogP contribution in [0, 0.1) is 5.92 Å². The molecule has 0 aromatic heterocycles. The zero-order chi connectivity index (χ0) is 67.0. The van der Waals surface area contributed by atoms with Crippen molar-refractivity contribution < 1.29 is 80.2 Å². The summed E-state index contributed by atoms with van der Waals surface area (Å²) < 4.78 is 68.4. The van der Waals surface area contributed by atoms with Gasteiger partial charge in [0.15, 0.2) is 12.2 Å². The van der Waals surface area contributed by atoms with Crippen molar-refractivity contribution in [2.75, 3.05) is 39.6 Å². The quantitative estimate of drug-likeness (QED) is 0.0222. The maximum atomic E-state index is 13.0. The van der Waals surface area contributed by atoms with Gasteiger partial charge >= 0.3 is 39.5 Å². The van der Waals surface area contributed by atoms with E-state index in [4.69, 9.17) is 37.0 Å². The van der Waals surface area contributed by atoms with Crippen LogP contribution in [0.2, 0.25) is 0 Å². The number of ether oxygens (including phenoxy) is 4. The molecule has 17 nitrogen and oxygen atoms in total. The van der Waals surface area contributed by atoms with Crippen LogP contribution in [0.5, 0.6) is 0 Å². The van der Waals surface area contributed by atoms with Gasteiger partial charge < -0.3 is 33.8 Å². The minimum absolute atomic E-state index is 0.107. The lowest BCUT2D eigenvalue weighted by molar-refractivity contribution is -0.161. The molecule has 0 bridgehead atoms. The van der Waals surface area contributed by atoms with Crippen LogP contribution < -0.4 is 0 Å². The van der Waals surface area contributed by atoms with Crippen LogP contribution in [0.1, 0.15) is 375 Å². The van der Waals surface area contributed by atoms with E-state index in [2.05, 4.69) is 34.6 Å². The molecule has 0 amide bonds. The fourth-order valence-electron chi connectivity index (χ4n) is 11.0. The Labute approximate surface area is 556 Å². The Morgan fingerprint density at radius 2 is 0.505 bits per heavy atom. The Hall–Kier alpha value is -1.94. The number of phosphoric ester groups is 2. The van der Waals surface area contributed by atoms with E-state index in [0.29, 0.717) is 31.6 Å². The molecule has 3 N–H and O–H groups in total. The fourth-order valence-corrected chi connectivity index (χ4v) is 12.6. The number of aliphatic hydroxyl groups is 1. The molecule has 0 saturated carbocycles. The highest BCUT2D eigenvalue weighted by atomic mass is 31.2. The summed E-state index contributed by atoms with van der Waals surface area (Å²) in [5.41, 5.74) is 0. The van der Waals surface area contributed by atoms with Crippen molar-refractivity contribution in [3.8, 4) is 0 Å². The molecule has 5 atom stereocenters. The molecule has 2 unspecified atom stereocenters. The van der Waals surface area contributed by atoms with Gasteiger partial charge in [-0.2, -0.15) is 0 Å². The molecule has 0 radical (unpaired) electrons. The van der Waals surface area contributed by atoms with E-state index in [1.165, 1.54) is 193 Å². The van der Waals surface area contributed by atoms with Gasteiger partial charge in [0.05, 0.1) is 26.4 Å². The molecule has 91 heavy (non-hydrogen) atoms. The first-order valence-corrected chi connectivity index (χ1v) is 40.6. The summed E-state index contributed by atoms with van der Waals surface area (Å²) in [7, 11) is -9.90. The number of hydrogen-bond donors (Lipinski definition) is 3. The summed E-state index contributed by atoms with van der Waals surface area (Å²) in [5.74, 6) is -1.44. The topological polar surface area (TPSA) is 237 Å². The largest absolute Gasteiger partial charge is 0.472 e. The second-order valence-electron chi connectivity index (χ2n) is 26.5. The fraction of sp³-hybridized carbons (Fsp3) is 0.944. The van der Waals surface area contributed by atoms with Crippen molar-refractivity contribution in [2.24, 2.45) is 5.92 Å². The van der Waals surface area contributed by atoms with E-state index < -0.39 is 97.5 Å². The first-order valence-electron chi connectivity index (χ1n) is 37.6. The second kappa shape index (κ2) is 65.4. The third-order valence-corrected chi connectivity index (χ3v) is 18.7.